The quantitative estimate of drug-likeness (QED) is 0.653. The van der Waals surface area contributed by atoms with Crippen molar-refractivity contribution in [2.45, 2.75) is 5.03 Å². The Balaban J connectivity index is 2.49. The molecule has 0 aliphatic heterocycles. The zero-order valence-electron chi connectivity index (χ0n) is 9.12. The molecule has 2 N–H and O–H groups in total. The van der Waals surface area contributed by atoms with Crippen LogP contribution < -0.4 is 5.73 Å². The van der Waals surface area contributed by atoms with Crippen LogP contribution in [-0.4, -0.2) is 27.1 Å². The number of hydrogen-bond acceptors (Lipinski definition) is 5. The third kappa shape index (κ3) is 2.42. The zero-order chi connectivity index (χ0) is 12.3. The third-order valence-electron chi connectivity index (χ3n) is 2.15. The van der Waals surface area contributed by atoms with E-state index in [0.29, 0.717) is 16.4 Å². The molecule has 0 spiro atoms. The number of rotatable bonds is 3. The second-order valence-electron chi connectivity index (χ2n) is 3.22. The monoisotopic (exact) mass is 246 g/mol. The molecule has 0 bridgehead atoms. The first-order chi connectivity index (χ1) is 8.22. The van der Waals surface area contributed by atoms with Gasteiger partial charge in [-0.2, -0.15) is 0 Å². The molecule has 2 aromatic rings. The fraction of sp³-hybridized carbons (Fsp3) is 0.0909. The molecule has 0 saturated carbocycles. The summed E-state index contributed by atoms with van der Waals surface area (Å²) in [7, 11) is 0. The van der Waals surface area contributed by atoms with Gasteiger partial charge in [-0.05, 0) is 18.4 Å². The number of aromatic nitrogens is 3. The van der Waals surface area contributed by atoms with Crippen molar-refractivity contribution in [3.05, 3.63) is 36.3 Å². The molecule has 86 valence electrons. The van der Waals surface area contributed by atoms with Crippen LogP contribution in [0.1, 0.15) is 10.4 Å². The minimum absolute atomic E-state index is 0.343. The molecule has 0 atom stereocenters. The Morgan fingerprint density at radius 3 is 2.65 bits per heavy atom. The van der Waals surface area contributed by atoms with Crippen molar-refractivity contribution in [3.63, 3.8) is 0 Å². The van der Waals surface area contributed by atoms with Gasteiger partial charge in [0.15, 0.2) is 5.82 Å². The van der Waals surface area contributed by atoms with Gasteiger partial charge in [0.05, 0.1) is 5.56 Å². The van der Waals surface area contributed by atoms with Crippen molar-refractivity contribution in [3.8, 4) is 11.4 Å². The van der Waals surface area contributed by atoms with Crippen LogP contribution in [-0.2, 0) is 0 Å². The Hall–Kier alpha value is -1.95. The fourth-order valence-corrected chi connectivity index (χ4v) is 1.88. The van der Waals surface area contributed by atoms with E-state index < -0.39 is 5.91 Å². The Morgan fingerprint density at radius 2 is 2.06 bits per heavy atom. The average molecular weight is 246 g/mol. The van der Waals surface area contributed by atoms with Gasteiger partial charge in [-0.25, -0.2) is 9.97 Å². The molecule has 17 heavy (non-hydrogen) atoms. The van der Waals surface area contributed by atoms with Crippen molar-refractivity contribution < 1.29 is 4.79 Å². The summed E-state index contributed by atoms with van der Waals surface area (Å²) in [4.78, 5) is 23.5. The molecule has 2 rings (SSSR count). The molecule has 0 aliphatic rings. The summed E-state index contributed by atoms with van der Waals surface area (Å²) in [5, 5.41) is 0.583. The molecule has 2 heterocycles. The fourth-order valence-electron chi connectivity index (χ4n) is 1.33. The highest BCUT2D eigenvalue weighted by atomic mass is 32.2. The van der Waals surface area contributed by atoms with Gasteiger partial charge >= 0.3 is 0 Å². The molecule has 0 radical (unpaired) electrons. The van der Waals surface area contributed by atoms with Gasteiger partial charge in [0, 0.05) is 24.2 Å². The van der Waals surface area contributed by atoms with Gasteiger partial charge in [0.2, 0.25) is 0 Å². The highest BCUT2D eigenvalue weighted by Crippen LogP contribution is 2.21. The lowest BCUT2D eigenvalue weighted by Gasteiger charge is -2.05. The predicted molar refractivity (Wildman–Crippen MR) is 65.6 cm³/mol. The molecule has 6 heteroatoms. The summed E-state index contributed by atoms with van der Waals surface area (Å²) < 4.78 is 0. The van der Waals surface area contributed by atoms with Crippen molar-refractivity contribution in [1.29, 1.82) is 0 Å². The summed E-state index contributed by atoms with van der Waals surface area (Å²) in [6, 6.07) is 3.62. The number of nitrogens with two attached hydrogens (primary N) is 1. The standard InChI is InChI=1S/C11H10N4OS/c1-17-11-8(9(12)16)6-14-10(15-11)7-2-4-13-5-3-7/h2-6H,1H3,(H2,12,16). The summed E-state index contributed by atoms with van der Waals surface area (Å²) in [5.74, 6) is 0.0392. The van der Waals surface area contributed by atoms with E-state index in [9.17, 15) is 4.79 Å². The molecule has 0 saturated heterocycles. The molecule has 0 aromatic carbocycles. The molecule has 0 fully saturated rings. The van der Waals surface area contributed by atoms with Gasteiger partial charge < -0.3 is 5.73 Å². The first kappa shape index (κ1) is 11.5. The van der Waals surface area contributed by atoms with E-state index in [-0.39, 0.29) is 0 Å². The number of primary amides is 1. The number of thioether (sulfide) groups is 1. The minimum Gasteiger partial charge on any atom is -0.365 e. The maximum Gasteiger partial charge on any atom is 0.253 e. The van der Waals surface area contributed by atoms with Crippen LogP contribution in [0, 0.1) is 0 Å². The zero-order valence-corrected chi connectivity index (χ0v) is 9.94. The summed E-state index contributed by atoms with van der Waals surface area (Å²) in [6.45, 7) is 0. The molecular weight excluding hydrogens is 236 g/mol. The van der Waals surface area contributed by atoms with E-state index in [0.717, 1.165) is 5.56 Å². The number of amides is 1. The molecule has 0 unspecified atom stereocenters. The van der Waals surface area contributed by atoms with E-state index in [1.165, 1.54) is 18.0 Å². The van der Waals surface area contributed by atoms with Crippen molar-refractivity contribution in [2.24, 2.45) is 5.73 Å². The second kappa shape index (κ2) is 4.92. The Morgan fingerprint density at radius 1 is 1.35 bits per heavy atom. The highest BCUT2D eigenvalue weighted by Gasteiger charge is 2.11. The Bertz CT molecular complexity index is 544. The van der Waals surface area contributed by atoms with Crippen LogP contribution in [0.15, 0.2) is 35.7 Å². The highest BCUT2D eigenvalue weighted by molar-refractivity contribution is 7.98. The van der Waals surface area contributed by atoms with Crippen LogP contribution in [0.5, 0.6) is 0 Å². The maximum atomic E-state index is 11.1. The number of carbonyl (C=O) groups excluding carboxylic acids is 1. The van der Waals surface area contributed by atoms with Crippen LogP contribution in [0.2, 0.25) is 0 Å². The summed E-state index contributed by atoms with van der Waals surface area (Å²) >= 11 is 1.37. The largest absolute Gasteiger partial charge is 0.365 e. The lowest BCUT2D eigenvalue weighted by atomic mass is 10.2. The van der Waals surface area contributed by atoms with E-state index in [1.807, 2.05) is 18.4 Å². The lowest BCUT2D eigenvalue weighted by Crippen LogP contribution is -2.14. The first-order valence-electron chi connectivity index (χ1n) is 4.83. The topological polar surface area (TPSA) is 81.8 Å². The molecule has 5 nitrogen and oxygen atoms in total. The van der Waals surface area contributed by atoms with E-state index >= 15 is 0 Å². The van der Waals surface area contributed by atoms with Gasteiger partial charge in [-0.15, -0.1) is 11.8 Å². The van der Waals surface area contributed by atoms with E-state index in [4.69, 9.17) is 5.73 Å². The van der Waals surface area contributed by atoms with Crippen LogP contribution in [0.25, 0.3) is 11.4 Å². The van der Waals surface area contributed by atoms with Gasteiger partial charge in [-0.1, -0.05) is 0 Å². The number of carbonyl (C=O) groups is 1. The average Bonchev–Trinajstić information content (AvgIpc) is 2.39. The molecule has 1 amide bonds. The van der Waals surface area contributed by atoms with Crippen LogP contribution in [0.3, 0.4) is 0 Å². The van der Waals surface area contributed by atoms with Crippen molar-refractivity contribution >= 4 is 17.7 Å². The number of pyridine rings is 1. The first-order valence-corrected chi connectivity index (χ1v) is 6.06. The smallest absolute Gasteiger partial charge is 0.253 e. The summed E-state index contributed by atoms with van der Waals surface area (Å²) in [6.07, 6.45) is 6.63. The third-order valence-corrected chi connectivity index (χ3v) is 2.85. The number of hydrogen-bond donors (Lipinski definition) is 1. The van der Waals surface area contributed by atoms with E-state index in [1.54, 1.807) is 12.4 Å². The SMILES string of the molecule is CSc1nc(-c2ccncc2)ncc1C(N)=O. The van der Waals surface area contributed by atoms with Crippen LogP contribution in [0.4, 0.5) is 0 Å². The maximum absolute atomic E-state index is 11.1. The summed E-state index contributed by atoms with van der Waals surface area (Å²) in [5.41, 5.74) is 6.43. The molecule has 0 aliphatic carbocycles. The van der Waals surface area contributed by atoms with Gasteiger partial charge in [0.25, 0.3) is 5.91 Å². The van der Waals surface area contributed by atoms with E-state index in [2.05, 4.69) is 15.0 Å². The van der Waals surface area contributed by atoms with Gasteiger partial charge in [0.1, 0.15) is 5.03 Å². The van der Waals surface area contributed by atoms with Crippen molar-refractivity contribution in [1.82, 2.24) is 15.0 Å². The molecule has 2 aromatic heterocycles. The van der Waals surface area contributed by atoms with Crippen molar-refractivity contribution in [2.75, 3.05) is 6.26 Å². The minimum atomic E-state index is -0.518. The Kier molecular flexibility index (Phi) is 3.34. The predicted octanol–water partition coefficient (Wildman–Crippen LogP) is 1.36. The number of nitrogens with zero attached hydrogens (tertiary/aromatic N) is 3. The molecular formula is C11H10N4OS. The lowest BCUT2D eigenvalue weighted by molar-refractivity contribution is 0.0996. The second-order valence-corrected chi connectivity index (χ2v) is 4.01. The normalized spacial score (nSPS) is 10.2. The van der Waals surface area contributed by atoms with Gasteiger partial charge in [-0.3, -0.25) is 9.78 Å². The Labute approximate surface area is 103 Å². The van der Waals surface area contributed by atoms with Crippen LogP contribution >= 0.6 is 11.8 Å².